The van der Waals surface area contributed by atoms with Crippen molar-refractivity contribution in [3.63, 3.8) is 0 Å². The molecule has 0 heterocycles. The predicted octanol–water partition coefficient (Wildman–Crippen LogP) is -0.409. The van der Waals surface area contributed by atoms with Crippen LogP contribution in [0.25, 0.3) is 0 Å². The lowest BCUT2D eigenvalue weighted by atomic mass is 10.3. The quantitative estimate of drug-likeness (QED) is 0.488. The van der Waals surface area contributed by atoms with Crippen molar-refractivity contribution >= 4 is 5.97 Å². The van der Waals surface area contributed by atoms with Gasteiger partial charge in [-0.25, -0.2) is 0 Å². The molecule has 13 heavy (non-hydrogen) atoms. The molecule has 0 aliphatic heterocycles. The molecule has 0 fully saturated rings. The van der Waals surface area contributed by atoms with Gasteiger partial charge in [-0.1, -0.05) is 0 Å². The van der Waals surface area contributed by atoms with Crippen LogP contribution in [0.2, 0.25) is 0 Å². The van der Waals surface area contributed by atoms with Crippen LogP contribution in [0.4, 0.5) is 0 Å². The average molecular weight is 194 g/mol. The van der Waals surface area contributed by atoms with Crippen LogP contribution in [0.1, 0.15) is 26.7 Å². The maximum absolute atomic E-state index is 9.65. The van der Waals surface area contributed by atoms with Gasteiger partial charge in [0.15, 0.2) is 0 Å². The normalized spacial score (nSPS) is 13.9. The zero-order chi connectivity index (χ0) is 10.9. The first-order valence-electron chi connectivity index (χ1n) is 4.09. The lowest BCUT2D eigenvalue weighted by Gasteiger charge is -1.95. The number of rotatable bonds is 4. The Hall–Kier alpha value is -0.650. The standard InChI is InChI=1S/C4H8O3.C4H10O2/c1-3(5)2-4(6)7;1-4(6)2-3-5/h3,5H,2H2,1H3,(H,6,7);4-6H,2-3H2,1H3/t3-;4-/m11/s1. The molecule has 0 saturated carbocycles. The largest absolute Gasteiger partial charge is 0.481 e. The molecule has 4 N–H and O–H groups in total. The Morgan fingerprint density at radius 2 is 1.69 bits per heavy atom. The summed E-state index contributed by atoms with van der Waals surface area (Å²) in [6.07, 6.45) is -0.757. The van der Waals surface area contributed by atoms with Gasteiger partial charge in [-0.15, -0.1) is 0 Å². The molecule has 5 nitrogen and oxygen atoms in total. The molecule has 2 atom stereocenters. The fourth-order valence-corrected chi connectivity index (χ4v) is 0.440. The van der Waals surface area contributed by atoms with E-state index in [0.29, 0.717) is 6.42 Å². The highest BCUT2D eigenvalue weighted by Crippen LogP contribution is 1.85. The van der Waals surface area contributed by atoms with Crippen molar-refractivity contribution in [1.29, 1.82) is 0 Å². The molecule has 0 aromatic heterocycles. The summed E-state index contributed by atoms with van der Waals surface area (Å²) in [5.74, 6) is -0.963. The minimum Gasteiger partial charge on any atom is -0.481 e. The first-order chi connectivity index (χ1) is 5.90. The fraction of sp³-hybridized carbons (Fsp3) is 0.875. The van der Waals surface area contributed by atoms with Gasteiger partial charge in [0.1, 0.15) is 0 Å². The second-order valence-corrected chi connectivity index (χ2v) is 2.81. The third-order valence-electron chi connectivity index (χ3n) is 1.02. The van der Waals surface area contributed by atoms with Gasteiger partial charge in [-0.2, -0.15) is 0 Å². The molecule has 0 aromatic carbocycles. The van der Waals surface area contributed by atoms with E-state index in [0.717, 1.165) is 0 Å². The van der Waals surface area contributed by atoms with Crippen molar-refractivity contribution in [2.45, 2.75) is 38.9 Å². The molecular formula is C8H18O5. The van der Waals surface area contributed by atoms with Gasteiger partial charge < -0.3 is 20.4 Å². The Kier molecular flexibility index (Phi) is 10.8. The minimum atomic E-state index is -0.963. The molecule has 80 valence electrons. The minimum absolute atomic E-state index is 0.0810. The van der Waals surface area contributed by atoms with Gasteiger partial charge in [0.2, 0.25) is 0 Å². The van der Waals surface area contributed by atoms with Crippen LogP contribution >= 0.6 is 0 Å². The molecule has 0 bridgehead atoms. The molecule has 0 unspecified atom stereocenters. The van der Waals surface area contributed by atoms with E-state index in [1.54, 1.807) is 6.92 Å². The molecule has 0 aliphatic carbocycles. The van der Waals surface area contributed by atoms with Crippen molar-refractivity contribution in [2.75, 3.05) is 6.61 Å². The Morgan fingerprint density at radius 3 is 1.69 bits per heavy atom. The molecule has 0 spiro atoms. The van der Waals surface area contributed by atoms with Crippen LogP contribution in [0, 0.1) is 0 Å². The Labute approximate surface area is 77.6 Å². The number of carboxylic acids is 1. The van der Waals surface area contributed by atoms with Crippen LogP contribution in [0.3, 0.4) is 0 Å². The van der Waals surface area contributed by atoms with Gasteiger partial charge in [-0.05, 0) is 20.3 Å². The second kappa shape index (κ2) is 9.44. The number of carbonyl (C=O) groups is 1. The first kappa shape index (κ1) is 14.9. The van der Waals surface area contributed by atoms with Crippen LogP contribution in [0.5, 0.6) is 0 Å². The third kappa shape index (κ3) is 24.6. The highest BCUT2D eigenvalue weighted by molar-refractivity contribution is 5.67. The summed E-state index contributed by atoms with van der Waals surface area (Å²) in [5.41, 5.74) is 0. The predicted molar refractivity (Wildman–Crippen MR) is 47.3 cm³/mol. The van der Waals surface area contributed by atoms with E-state index in [2.05, 4.69) is 0 Å². The van der Waals surface area contributed by atoms with Gasteiger partial charge in [0, 0.05) is 6.61 Å². The van der Waals surface area contributed by atoms with E-state index in [4.69, 9.17) is 20.4 Å². The van der Waals surface area contributed by atoms with E-state index in [-0.39, 0.29) is 19.1 Å². The second-order valence-electron chi connectivity index (χ2n) is 2.81. The Bertz CT molecular complexity index is 122. The van der Waals surface area contributed by atoms with Crippen LogP contribution in [-0.4, -0.2) is 45.2 Å². The SMILES string of the molecule is C[C@@H](O)CC(=O)O.C[C@@H](O)CCO. The summed E-state index contributed by atoms with van der Waals surface area (Å²) in [5, 5.41) is 32.7. The van der Waals surface area contributed by atoms with Crippen LogP contribution in [-0.2, 0) is 4.79 Å². The topological polar surface area (TPSA) is 98.0 Å². The summed E-state index contributed by atoms with van der Waals surface area (Å²) < 4.78 is 0. The summed E-state index contributed by atoms with van der Waals surface area (Å²) in [7, 11) is 0. The number of aliphatic carboxylic acids is 1. The molecule has 0 radical (unpaired) electrons. The van der Waals surface area contributed by atoms with E-state index in [9.17, 15) is 4.79 Å². The lowest BCUT2D eigenvalue weighted by molar-refractivity contribution is -0.138. The highest BCUT2D eigenvalue weighted by Gasteiger charge is 2.00. The van der Waals surface area contributed by atoms with E-state index in [1.165, 1.54) is 6.92 Å². The highest BCUT2D eigenvalue weighted by atomic mass is 16.4. The van der Waals surface area contributed by atoms with Gasteiger partial charge in [-0.3, -0.25) is 4.79 Å². The van der Waals surface area contributed by atoms with Gasteiger partial charge in [0.05, 0.1) is 18.6 Å². The van der Waals surface area contributed by atoms with Crippen molar-refractivity contribution in [2.24, 2.45) is 0 Å². The van der Waals surface area contributed by atoms with Gasteiger partial charge in [0.25, 0.3) is 0 Å². The monoisotopic (exact) mass is 194 g/mol. The molecular weight excluding hydrogens is 176 g/mol. The lowest BCUT2D eigenvalue weighted by Crippen LogP contribution is -2.07. The molecule has 0 aromatic rings. The van der Waals surface area contributed by atoms with Gasteiger partial charge >= 0.3 is 5.97 Å². The zero-order valence-corrected chi connectivity index (χ0v) is 7.97. The summed E-state index contributed by atoms with van der Waals surface area (Å²) >= 11 is 0. The molecule has 0 amide bonds. The smallest absolute Gasteiger partial charge is 0.305 e. The summed E-state index contributed by atoms with van der Waals surface area (Å²) in [6, 6.07) is 0. The molecule has 5 heteroatoms. The zero-order valence-electron chi connectivity index (χ0n) is 7.97. The maximum Gasteiger partial charge on any atom is 0.305 e. The van der Waals surface area contributed by atoms with Crippen molar-refractivity contribution in [1.82, 2.24) is 0 Å². The molecule has 0 aliphatic rings. The molecule has 0 rings (SSSR count). The van der Waals surface area contributed by atoms with Crippen LogP contribution in [0.15, 0.2) is 0 Å². The van der Waals surface area contributed by atoms with Crippen molar-refractivity contribution in [3.8, 4) is 0 Å². The van der Waals surface area contributed by atoms with E-state index in [1.807, 2.05) is 0 Å². The van der Waals surface area contributed by atoms with E-state index < -0.39 is 12.1 Å². The third-order valence-corrected chi connectivity index (χ3v) is 1.02. The maximum atomic E-state index is 9.65. The fourth-order valence-electron chi connectivity index (χ4n) is 0.440. The summed E-state index contributed by atoms with van der Waals surface area (Å²) in [4.78, 5) is 9.65. The number of carboxylic acid groups (broad SMARTS) is 1. The van der Waals surface area contributed by atoms with E-state index >= 15 is 0 Å². The Morgan fingerprint density at radius 1 is 1.23 bits per heavy atom. The Balaban J connectivity index is 0. The first-order valence-corrected chi connectivity index (χ1v) is 4.09. The number of hydrogen-bond donors (Lipinski definition) is 4. The number of aliphatic hydroxyl groups excluding tert-OH is 3. The number of aliphatic hydroxyl groups is 3. The molecule has 0 saturated heterocycles. The summed E-state index contributed by atoms with van der Waals surface area (Å²) in [6.45, 7) is 3.17. The number of hydrogen-bond acceptors (Lipinski definition) is 4. The van der Waals surface area contributed by atoms with Crippen molar-refractivity contribution in [3.05, 3.63) is 0 Å². The van der Waals surface area contributed by atoms with Crippen molar-refractivity contribution < 1.29 is 25.2 Å². The van der Waals surface area contributed by atoms with Crippen LogP contribution < -0.4 is 0 Å². The average Bonchev–Trinajstić information content (AvgIpc) is 1.83.